The van der Waals surface area contributed by atoms with Crippen molar-refractivity contribution in [2.24, 2.45) is 0 Å². The lowest BCUT2D eigenvalue weighted by Gasteiger charge is -2.35. The van der Waals surface area contributed by atoms with Gasteiger partial charge >= 0.3 is 0 Å². The molecular formula is C24H24FN. The number of hydrogen-bond acceptors (Lipinski definition) is 1. The zero-order valence-corrected chi connectivity index (χ0v) is 15.3. The van der Waals surface area contributed by atoms with Crippen LogP contribution >= 0.6 is 0 Å². The highest BCUT2D eigenvalue weighted by Gasteiger charge is 2.29. The lowest BCUT2D eigenvalue weighted by atomic mass is 9.76. The fourth-order valence-electron chi connectivity index (χ4n) is 4.11. The third-order valence-corrected chi connectivity index (χ3v) is 5.57. The summed E-state index contributed by atoms with van der Waals surface area (Å²) in [5.41, 5.74) is 6.19. The van der Waals surface area contributed by atoms with Gasteiger partial charge in [-0.1, -0.05) is 60.7 Å². The maximum absolute atomic E-state index is 13.6. The van der Waals surface area contributed by atoms with Gasteiger partial charge in [0, 0.05) is 12.0 Å². The Bertz CT molecular complexity index is 915. The standard InChI is InChI=1S/C24H24FN/c1-26(2)22-15-20-7-3-4-12-23(20)24(16-22)19-10-5-8-17(13-19)18-9-6-11-21(25)14-18/h3-14,22,24H,15-16H2,1-2H3/t22-,24-/m0/s1. The summed E-state index contributed by atoms with van der Waals surface area (Å²) < 4.78 is 13.6. The molecule has 0 radical (unpaired) electrons. The monoisotopic (exact) mass is 345 g/mol. The van der Waals surface area contributed by atoms with E-state index < -0.39 is 0 Å². The third kappa shape index (κ3) is 3.30. The first-order chi connectivity index (χ1) is 12.6. The second-order valence-corrected chi connectivity index (χ2v) is 7.44. The van der Waals surface area contributed by atoms with Crippen LogP contribution in [-0.2, 0) is 6.42 Å². The Morgan fingerprint density at radius 1 is 0.846 bits per heavy atom. The molecule has 0 bridgehead atoms. The Kier molecular flexibility index (Phi) is 4.60. The molecule has 0 aliphatic heterocycles. The summed E-state index contributed by atoms with van der Waals surface area (Å²) in [5.74, 6) is 0.185. The predicted molar refractivity (Wildman–Crippen MR) is 106 cm³/mol. The van der Waals surface area contributed by atoms with E-state index in [9.17, 15) is 4.39 Å². The van der Waals surface area contributed by atoms with E-state index in [0.717, 1.165) is 24.0 Å². The summed E-state index contributed by atoms with van der Waals surface area (Å²) in [6.07, 6.45) is 2.21. The second kappa shape index (κ2) is 7.05. The lowest BCUT2D eigenvalue weighted by Crippen LogP contribution is -2.35. The van der Waals surface area contributed by atoms with Crippen LogP contribution < -0.4 is 0 Å². The smallest absolute Gasteiger partial charge is 0.123 e. The molecule has 0 unspecified atom stereocenters. The predicted octanol–water partition coefficient (Wildman–Crippen LogP) is 5.50. The molecule has 26 heavy (non-hydrogen) atoms. The summed E-state index contributed by atoms with van der Waals surface area (Å²) in [5, 5.41) is 0. The van der Waals surface area contributed by atoms with Crippen LogP contribution in [0.1, 0.15) is 29.0 Å². The van der Waals surface area contributed by atoms with E-state index in [1.54, 1.807) is 12.1 Å². The molecule has 0 saturated heterocycles. The van der Waals surface area contributed by atoms with Gasteiger partial charge in [0.25, 0.3) is 0 Å². The maximum atomic E-state index is 13.6. The molecule has 1 aliphatic rings. The van der Waals surface area contributed by atoms with Crippen molar-refractivity contribution in [3.8, 4) is 11.1 Å². The van der Waals surface area contributed by atoms with Crippen molar-refractivity contribution in [1.29, 1.82) is 0 Å². The molecule has 0 amide bonds. The molecule has 0 fully saturated rings. The minimum Gasteiger partial charge on any atom is -0.306 e. The number of halogens is 1. The minimum atomic E-state index is -0.191. The molecule has 0 saturated carbocycles. The molecule has 1 nitrogen and oxygen atoms in total. The summed E-state index contributed by atoms with van der Waals surface area (Å²) in [7, 11) is 4.33. The van der Waals surface area contributed by atoms with E-state index >= 15 is 0 Å². The van der Waals surface area contributed by atoms with E-state index in [1.165, 1.54) is 22.8 Å². The van der Waals surface area contributed by atoms with Crippen molar-refractivity contribution in [2.45, 2.75) is 24.8 Å². The van der Waals surface area contributed by atoms with E-state index in [2.05, 4.69) is 67.5 Å². The average molecular weight is 345 g/mol. The number of fused-ring (bicyclic) bond motifs is 1. The van der Waals surface area contributed by atoms with Crippen molar-refractivity contribution in [3.05, 3.63) is 95.3 Å². The van der Waals surface area contributed by atoms with Gasteiger partial charge < -0.3 is 4.90 Å². The zero-order valence-electron chi connectivity index (χ0n) is 15.3. The quantitative estimate of drug-likeness (QED) is 0.606. The Hall–Kier alpha value is -2.45. The molecule has 0 aromatic heterocycles. The van der Waals surface area contributed by atoms with Crippen LogP contribution in [0.25, 0.3) is 11.1 Å². The minimum absolute atomic E-state index is 0.191. The van der Waals surface area contributed by atoms with Gasteiger partial charge in [0.1, 0.15) is 5.82 Å². The van der Waals surface area contributed by atoms with Crippen LogP contribution in [0.2, 0.25) is 0 Å². The van der Waals surface area contributed by atoms with Crippen molar-refractivity contribution < 1.29 is 4.39 Å². The van der Waals surface area contributed by atoms with Gasteiger partial charge in [-0.15, -0.1) is 0 Å². The van der Waals surface area contributed by atoms with Crippen LogP contribution in [0.15, 0.2) is 72.8 Å². The van der Waals surface area contributed by atoms with Gasteiger partial charge in [0.15, 0.2) is 0 Å². The summed E-state index contributed by atoms with van der Waals surface area (Å²) in [4.78, 5) is 2.33. The number of benzene rings is 3. The number of nitrogens with zero attached hydrogens (tertiary/aromatic N) is 1. The number of hydrogen-bond donors (Lipinski definition) is 0. The van der Waals surface area contributed by atoms with E-state index in [0.29, 0.717) is 12.0 Å². The summed E-state index contributed by atoms with van der Waals surface area (Å²) >= 11 is 0. The molecule has 1 aliphatic carbocycles. The largest absolute Gasteiger partial charge is 0.306 e. The average Bonchev–Trinajstić information content (AvgIpc) is 2.67. The first-order valence-corrected chi connectivity index (χ1v) is 9.22. The van der Waals surface area contributed by atoms with Gasteiger partial charge in [0.2, 0.25) is 0 Å². The van der Waals surface area contributed by atoms with Crippen molar-refractivity contribution in [1.82, 2.24) is 4.90 Å². The molecule has 3 aromatic carbocycles. The van der Waals surface area contributed by atoms with E-state index in [1.807, 2.05) is 6.07 Å². The lowest BCUT2D eigenvalue weighted by molar-refractivity contribution is 0.258. The highest BCUT2D eigenvalue weighted by Crippen LogP contribution is 2.39. The fraction of sp³-hybridized carbons (Fsp3) is 0.250. The molecule has 132 valence electrons. The Morgan fingerprint density at radius 2 is 1.58 bits per heavy atom. The summed E-state index contributed by atoms with van der Waals surface area (Å²) in [6.45, 7) is 0. The number of likely N-dealkylation sites (N-methyl/N-ethyl adjacent to an activating group) is 1. The van der Waals surface area contributed by atoms with Gasteiger partial charge in [0.05, 0.1) is 0 Å². The first kappa shape index (κ1) is 17.0. The topological polar surface area (TPSA) is 3.24 Å². The fourth-order valence-corrected chi connectivity index (χ4v) is 4.11. The highest BCUT2D eigenvalue weighted by molar-refractivity contribution is 5.64. The second-order valence-electron chi connectivity index (χ2n) is 7.44. The maximum Gasteiger partial charge on any atom is 0.123 e. The van der Waals surface area contributed by atoms with Crippen LogP contribution in [0, 0.1) is 5.82 Å². The number of rotatable bonds is 3. The summed E-state index contributed by atoms with van der Waals surface area (Å²) in [6, 6.07) is 24.8. The Morgan fingerprint density at radius 3 is 2.35 bits per heavy atom. The molecule has 0 heterocycles. The van der Waals surface area contributed by atoms with Crippen LogP contribution in [0.3, 0.4) is 0 Å². The Balaban J connectivity index is 1.76. The molecular weight excluding hydrogens is 321 g/mol. The van der Waals surface area contributed by atoms with Gasteiger partial charge in [-0.25, -0.2) is 4.39 Å². The van der Waals surface area contributed by atoms with E-state index in [-0.39, 0.29) is 5.82 Å². The molecule has 3 aromatic rings. The van der Waals surface area contributed by atoms with Crippen LogP contribution in [-0.4, -0.2) is 25.0 Å². The Labute approximate surface area is 155 Å². The van der Waals surface area contributed by atoms with Crippen molar-refractivity contribution >= 4 is 0 Å². The molecule has 2 heteroatoms. The molecule has 2 atom stereocenters. The highest BCUT2D eigenvalue weighted by atomic mass is 19.1. The third-order valence-electron chi connectivity index (χ3n) is 5.57. The first-order valence-electron chi connectivity index (χ1n) is 9.22. The van der Waals surface area contributed by atoms with E-state index in [4.69, 9.17) is 0 Å². The van der Waals surface area contributed by atoms with Gasteiger partial charge in [-0.05, 0) is 66.9 Å². The molecule has 4 rings (SSSR count). The molecule has 0 N–H and O–H groups in total. The van der Waals surface area contributed by atoms with Crippen molar-refractivity contribution in [2.75, 3.05) is 14.1 Å². The van der Waals surface area contributed by atoms with Gasteiger partial charge in [-0.2, -0.15) is 0 Å². The van der Waals surface area contributed by atoms with Crippen LogP contribution in [0.4, 0.5) is 4.39 Å². The van der Waals surface area contributed by atoms with Gasteiger partial charge in [-0.3, -0.25) is 0 Å². The SMILES string of the molecule is CN(C)[C@H]1Cc2ccccc2[C@H](c2cccc(-c3cccc(F)c3)c2)C1. The van der Waals surface area contributed by atoms with Crippen molar-refractivity contribution in [3.63, 3.8) is 0 Å². The molecule has 0 spiro atoms. The normalized spacial score (nSPS) is 19.4. The van der Waals surface area contributed by atoms with Crippen LogP contribution in [0.5, 0.6) is 0 Å². The zero-order chi connectivity index (χ0) is 18.1.